The van der Waals surface area contributed by atoms with Crippen molar-refractivity contribution in [3.63, 3.8) is 0 Å². The number of aliphatic imine (C=N–C) groups is 1. The SMILES string of the molecule is CN(C)Cc1cccc(C2CN=C(N)N2)c1. The number of rotatable bonds is 3. The summed E-state index contributed by atoms with van der Waals surface area (Å²) < 4.78 is 0. The van der Waals surface area contributed by atoms with Gasteiger partial charge in [0.2, 0.25) is 0 Å². The molecule has 0 aromatic heterocycles. The van der Waals surface area contributed by atoms with Crippen LogP contribution in [0.2, 0.25) is 0 Å². The molecule has 1 aliphatic rings. The van der Waals surface area contributed by atoms with E-state index in [1.165, 1.54) is 11.1 Å². The van der Waals surface area contributed by atoms with Crippen molar-refractivity contribution >= 4 is 5.96 Å². The number of benzene rings is 1. The first-order valence-corrected chi connectivity index (χ1v) is 5.45. The van der Waals surface area contributed by atoms with Crippen LogP contribution in [0, 0.1) is 0 Å². The van der Waals surface area contributed by atoms with Crippen LogP contribution in [-0.4, -0.2) is 31.5 Å². The zero-order valence-electron chi connectivity index (χ0n) is 9.77. The fraction of sp³-hybridized carbons (Fsp3) is 0.417. The maximum atomic E-state index is 5.61. The second kappa shape index (κ2) is 4.53. The average molecular weight is 218 g/mol. The van der Waals surface area contributed by atoms with E-state index in [4.69, 9.17) is 5.73 Å². The van der Waals surface area contributed by atoms with E-state index >= 15 is 0 Å². The number of nitrogens with two attached hydrogens (primary N) is 1. The largest absolute Gasteiger partial charge is 0.370 e. The second-order valence-corrected chi connectivity index (χ2v) is 4.41. The molecule has 0 aliphatic carbocycles. The molecule has 1 unspecified atom stereocenters. The quantitative estimate of drug-likeness (QED) is 0.785. The first-order chi connectivity index (χ1) is 7.65. The summed E-state index contributed by atoms with van der Waals surface area (Å²) >= 11 is 0. The first-order valence-electron chi connectivity index (χ1n) is 5.45. The Balaban J connectivity index is 2.10. The normalized spacial score (nSPS) is 19.7. The standard InChI is InChI=1S/C12H18N4/c1-16(2)8-9-4-3-5-10(6-9)11-7-14-12(13)15-11/h3-6,11H,7-8H2,1-2H3,(H3,13,14,15). The van der Waals surface area contributed by atoms with Gasteiger partial charge in [0.1, 0.15) is 0 Å². The Bertz CT molecular complexity index is 398. The highest BCUT2D eigenvalue weighted by Gasteiger charge is 2.17. The summed E-state index contributed by atoms with van der Waals surface area (Å²) in [5, 5.41) is 3.16. The van der Waals surface area contributed by atoms with Crippen LogP contribution in [0.25, 0.3) is 0 Å². The Morgan fingerprint density at radius 1 is 1.50 bits per heavy atom. The van der Waals surface area contributed by atoms with Crippen molar-refractivity contribution in [2.45, 2.75) is 12.6 Å². The van der Waals surface area contributed by atoms with Crippen molar-refractivity contribution in [3.8, 4) is 0 Å². The van der Waals surface area contributed by atoms with E-state index in [-0.39, 0.29) is 6.04 Å². The lowest BCUT2D eigenvalue weighted by Gasteiger charge is -2.14. The summed E-state index contributed by atoms with van der Waals surface area (Å²) in [6, 6.07) is 8.80. The molecule has 4 heteroatoms. The van der Waals surface area contributed by atoms with Gasteiger partial charge in [0, 0.05) is 6.54 Å². The van der Waals surface area contributed by atoms with Crippen LogP contribution in [0.15, 0.2) is 29.3 Å². The van der Waals surface area contributed by atoms with Crippen LogP contribution >= 0.6 is 0 Å². The van der Waals surface area contributed by atoms with Gasteiger partial charge in [-0.05, 0) is 25.2 Å². The maximum Gasteiger partial charge on any atom is 0.189 e. The molecular formula is C12H18N4. The van der Waals surface area contributed by atoms with E-state index in [1.807, 2.05) is 0 Å². The zero-order valence-corrected chi connectivity index (χ0v) is 9.77. The zero-order chi connectivity index (χ0) is 11.5. The second-order valence-electron chi connectivity index (χ2n) is 4.41. The Hall–Kier alpha value is -1.55. The van der Waals surface area contributed by atoms with E-state index < -0.39 is 0 Å². The van der Waals surface area contributed by atoms with E-state index in [1.54, 1.807) is 0 Å². The first kappa shape index (κ1) is 11.0. The lowest BCUT2D eigenvalue weighted by molar-refractivity contribution is 0.402. The van der Waals surface area contributed by atoms with E-state index in [9.17, 15) is 0 Å². The average Bonchev–Trinajstić information content (AvgIpc) is 2.64. The van der Waals surface area contributed by atoms with Gasteiger partial charge < -0.3 is 16.0 Å². The molecule has 1 aromatic carbocycles. The lowest BCUT2D eigenvalue weighted by Crippen LogP contribution is -2.29. The Morgan fingerprint density at radius 3 is 2.94 bits per heavy atom. The van der Waals surface area contributed by atoms with Crippen molar-refractivity contribution in [1.82, 2.24) is 10.2 Å². The van der Waals surface area contributed by atoms with Crippen molar-refractivity contribution in [2.75, 3.05) is 20.6 Å². The molecule has 1 aliphatic heterocycles. The fourth-order valence-corrected chi connectivity index (χ4v) is 1.92. The molecule has 0 saturated carbocycles. The predicted molar refractivity (Wildman–Crippen MR) is 66.2 cm³/mol. The molecule has 86 valence electrons. The van der Waals surface area contributed by atoms with Crippen molar-refractivity contribution in [3.05, 3.63) is 35.4 Å². The van der Waals surface area contributed by atoms with Crippen LogP contribution in [0.5, 0.6) is 0 Å². The smallest absolute Gasteiger partial charge is 0.189 e. The minimum atomic E-state index is 0.238. The van der Waals surface area contributed by atoms with Crippen molar-refractivity contribution < 1.29 is 0 Å². The third-order valence-corrected chi connectivity index (χ3v) is 2.62. The molecule has 1 aromatic rings. The molecule has 0 amide bonds. The van der Waals surface area contributed by atoms with Gasteiger partial charge in [-0.15, -0.1) is 0 Å². The Labute approximate surface area is 96.2 Å². The summed E-state index contributed by atoms with van der Waals surface area (Å²) in [7, 11) is 4.14. The van der Waals surface area contributed by atoms with E-state index in [2.05, 4.69) is 53.6 Å². The third-order valence-electron chi connectivity index (χ3n) is 2.62. The van der Waals surface area contributed by atoms with E-state index in [0.29, 0.717) is 5.96 Å². The molecule has 0 bridgehead atoms. The number of nitrogens with zero attached hydrogens (tertiary/aromatic N) is 2. The topological polar surface area (TPSA) is 53.6 Å². The lowest BCUT2D eigenvalue weighted by atomic mass is 10.0. The molecule has 4 nitrogen and oxygen atoms in total. The van der Waals surface area contributed by atoms with Crippen LogP contribution in [0.3, 0.4) is 0 Å². The molecule has 1 atom stereocenters. The van der Waals surface area contributed by atoms with Gasteiger partial charge in [0.15, 0.2) is 5.96 Å². The molecule has 2 rings (SSSR count). The predicted octanol–water partition coefficient (Wildman–Crippen LogP) is 0.707. The van der Waals surface area contributed by atoms with Gasteiger partial charge in [-0.3, -0.25) is 4.99 Å². The number of nitrogens with one attached hydrogen (secondary N) is 1. The monoisotopic (exact) mass is 218 g/mol. The Morgan fingerprint density at radius 2 is 2.31 bits per heavy atom. The van der Waals surface area contributed by atoms with Gasteiger partial charge in [-0.1, -0.05) is 24.3 Å². The summed E-state index contributed by atoms with van der Waals surface area (Å²) in [5.41, 5.74) is 8.18. The summed E-state index contributed by atoms with van der Waals surface area (Å²) in [6.45, 7) is 1.69. The summed E-state index contributed by atoms with van der Waals surface area (Å²) in [6.07, 6.45) is 0. The van der Waals surface area contributed by atoms with Gasteiger partial charge in [0.05, 0.1) is 12.6 Å². The van der Waals surface area contributed by atoms with Gasteiger partial charge in [0.25, 0.3) is 0 Å². The molecule has 0 fully saturated rings. The minimum Gasteiger partial charge on any atom is -0.370 e. The summed E-state index contributed by atoms with van der Waals surface area (Å²) in [5.74, 6) is 0.544. The highest BCUT2D eigenvalue weighted by atomic mass is 15.2. The van der Waals surface area contributed by atoms with Crippen LogP contribution in [0.1, 0.15) is 17.2 Å². The van der Waals surface area contributed by atoms with Crippen LogP contribution in [0.4, 0.5) is 0 Å². The molecule has 0 saturated heterocycles. The van der Waals surface area contributed by atoms with Crippen molar-refractivity contribution in [2.24, 2.45) is 10.7 Å². The molecule has 0 radical (unpaired) electrons. The maximum absolute atomic E-state index is 5.61. The fourth-order valence-electron chi connectivity index (χ4n) is 1.92. The third kappa shape index (κ3) is 2.52. The van der Waals surface area contributed by atoms with Crippen molar-refractivity contribution in [1.29, 1.82) is 0 Å². The van der Waals surface area contributed by atoms with Crippen LogP contribution < -0.4 is 11.1 Å². The van der Waals surface area contributed by atoms with E-state index in [0.717, 1.165) is 13.1 Å². The Kier molecular flexibility index (Phi) is 3.10. The van der Waals surface area contributed by atoms with Gasteiger partial charge in [-0.25, -0.2) is 0 Å². The summed E-state index contributed by atoms with van der Waals surface area (Å²) in [4.78, 5) is 6.32. The highest BCUT2D eigenvalue weighted by molar-refractivity contribution is 5.80. The van der Waals surface area contributed by atoms with Gasteiger partial charge >= 0.3 is 0 Å². The van der Waals surface area contributed by atoms with Crippen LogP contribution in [-0.2, 0) is 6.54 Å². The molecule has 0 spiro atoms. The number of guanidine groups is 1. The molecule has 16 heavy (non-hydrogen) atoms. The van der Waals surface area contributed by atoms with Gasteiger partial charge in [-0.2, -0.15) is 0 Å². The molecule has 3 N–H and O–H groups in total. The number of hydrogen-bond donors (Lipinski definition) is 2. The molecule has 1 heterocycles. The number of hydrogen-bond acceptors (Lipinski definition) is 4. The minimum absolute atomic E-state index is 0.238. The highest BCUT2D eigenvalue weighted by Crippen LogP contribution is 2.18. The molecular weight excluding hydrogens is 200 g/mol.